The van der Waals surface area contributed by atoms with Gasteiger partial charge in [-0.15, -0.1) is 0 Å². The van der Waals surface area contributed by atoms with Gasteiger partial charge in [-0.2, -0.15) is 0 Å². The molecule has 3 nitrogen and oxygen atoms in total. The van der Waals surface area contributed by atoms with E-state index in [1.165, 1.54) is 0 Å². The van der Waals surface area contributed by atoms with Crippen molar-refractivity contribution in [2.45, 2.75) is 59.1 Å². The molecule has 1 aliphatic rings. The lowest BCUT2D eigenvalue weighted by Gasteiger charge is -2.28. The van der Waals surface area contributed by atoms with Crippen LogP contribution in [0.15, 0.2) is 0 Å². The van der Waals surface area contributed by atoms with Crippen LogP contribution in [0.1, 0.15) is 47.5 Å². The Kier molecular flexibility index (Phi) is 2.79. The highest BCUT2D eigenvalue weighted by Gasteiger charge is 2.42. The molecule has 1 fully saturated rings. The number of nitrogens with one attached hydrogen (secondary N) is 1. The zero-order chi connectivity index (χ0) is 11.0. The van der Waals surface area contributed by atoms with Crippen LogP contribution in [0.5, 0.6) is 0 Å². The van der Waals surface area contributed by atoms with Crippen molar-refractivity contribution in [1.82, 2.24) is 5.32 Å². The summed E-state index contributed by atoms with van der Waals surface area (Å²) in [7, 11) is 0. The van der Waals surface area contributed by atoms with Crippen molar-refractivity contribution in [2.75, 3.05) is 0 Å². The number of amides is 1. The molecule has 1 N–H and O–H groups in total. The molecule has 1 unspecified atom stereocenters. The van der Waals surface area contributed by atoms with E-state index in [4.69, 9.17) is 4.74 Å². The molecule has 1 aliphatic carbocycles. The minimum Gasteiger partial charge on any atom is -0.443 e. The predicted molar refractivity (Wildman–Crippen MR) is 56.2 cm³/mol. The molecule has 1 rings (SSSR count). The fraction of sp³-hybridized carbons (Fsp3) is 0.909. The summed E-state index contributed by atoms with van der Waals surface area (Å²) in [6.45, 7) is 10.2. The number of hydrogen-bond acceptors (Lipinski definition) is 2. The third kappa shape index (κ3) is 3.20. The SMILES string of the molecule is CC(NC(=O)OC1(C)CC1)C(C)(C)C. The molecule has 0 aliphatic heterocycles. The van der Waals surface area contributed by atoms with Gasteiger partial charge in [-0.25, -0.2) is 4.79 Å². The Morgan fingerprint density at radius 3 is 2.29 bits per heavy atom. The number of rotatable bonds is 2. The Hall–Kier alpha value is -0.730. The smallest absolute Gasteiger partial charge is 0.407 e. The van der Waals surface area contributed by atoms with E-state index < -0.39 is 0 Å². The molecular weight excluding hydrogens is 178 g/mol. The van der Waals surface area contributed by atoms with Crippen molar-refractivity contribution in [1.29, 1.82) is 0 Å². The monoisotopic (exact) mass is 199 g/mol. The maximum atomic E-state index is 11.4. The third-order valence-electron chi connectivity index (χ3n) is 2.93. The fourth-order valence-electron chi connectivity index (χ4n) is 0.925. The molecule has 1 amide bonds. The second kappa shape index (κ2) is 3.44. The summed E-state index contributed by atoms with van der Waals surface area (Å²) in [5, 5.41) is 2.86. The van der Waals surface area contributed by atoms with Crippen LogP contribution in [0, 0.1) is 5.41 Å². The number of ether oxygens (including phenoxy) is 1. The Morgan fingerprint density at radius 1 is 1.43 bits per heavy atom. The number of alkyl carbamates (subject to hydrolysis) is 1. The van der Waals surface area contributed by atoms with Gasteiger partial charge in [0.25, 0.3) is 0 Å². The summed E-state index contributed by atoms with van der Waals surface area (Å²) >= 11 is 0. The van der Waals surface area contributed by atoms with Gasteiger partial charge < -0.3 is 10.1 Å². The second-order valence-corrected chi connectivity index (χ2v) is 5.57. The fourth-order valence-corrected chi connectivity index (χ4v) is 0.925. The Balaban J connectivity index is 2.33. The number of hydrogen-bond donors (Lipinski definition) is 1. The van der Waals surface area contributed by atoms with E-state index in [1.807, 2.05) is 13.8 Å². The Morgan fingerprint density at radius 2 is 1.93 bits per heavy atom. The average Bonchev–Trinajstić information content (AvgIpc) is 2.64. The highest BCUT2D eigenvalue weighted by molar-refractivity contribution is 5.68. The molecule has 0 bridgehead atoms. The molecule has 0 heterocycles. The van der Waals surface area contributed by atoms with E-state index >= 15 is 0 Å². The highest BCUT2D eigenvalue weighted by atomic mass is 16.6. The van der Waals surface area contributed by atoms with Crippen molar-refractivity contribution in [3.8, 4) is 0 Å². The van der Waals surface area contributed by atoms with Crippen LogP contribution in [0.3, 0.4) is 0 Å². The lowest BCUT2D eigenvalue weighted by Crippen LogP contribution is -2.42. The zero-order valence-electron chi connectivity index (χ0n) is 9.81. The first kappa shape index (κ1) is 11.3. The molecule has 0 aromatic rings. The summed E-state index contributed by atoms with van der Waals surface area (Å²) in [6, 6.07) is 0.123. The molecule has 82 valence electrons. The number of carbonyl (C=O) groups excluding carboxylic acids is 1. The van der Waals surface area contributed by atoms with Gasteiger partial charge in [-0.1, -0.05) is 20.8 Å². The second-order valence-electron chi connectivity index (χ2n) is 5.57. The minimum atomic E-state index is -0.285. The average molecular weight is 199 g/mol. The van der Waals surface area contributed by atoms with Gasteiger partial charge in [-0.05, 0) is 32.1 Å². The highest BCUT2D eigenvalue weighted by Crippen LogP contribution is 2.38. The van der Waals surface area contributed by atoms with Crippen LogP contribution in [0.25, 0.3) is 0 Å². The van der Waals surface area contributed by atoms with Crippen molar-refractivity contribution in [2.24, 2.45) is 5.41 Å². The molecule has 14 heavy (non-hydrogen) atoms. The van der Waals surface area contributed by atoms with Crippen molar-refractivity contribution in [3.05, 3.63) is 0 Å². The molecule has 0 aromatic carbocycles. The summed E-state index contributed by atoms with van der Waals surface area (Å²) in [4.78, 5) is 11.4. The van der Waals surface area contributed by atoms with Crippen LogP contribution in [-0.2, 0) is 4.74 Å². The van der Waals surface area contributed by atoms with Crippen LogP contribution >= 0.6 is 0 Å². The normalized spacial score (nSPS) is 21.2. The van der Waals surface area contributed by atoms with Gasteiger partial charge in [0.05, 0.1) is 0 Å². The molecule has 0 aromatic heterocycles. The summed E-state index contributed by atoms with van der Waals surface area (Å²) < 4.78 is 5.26. The zero-order valence-corrected chi connectivity index (χ0v) is 9.81. The van der Waals surface area contributed by atoms with Crippen LogP contribution in [0.4, 0.5) is 4.79 Å². The maximum Gasteiger partial charge on any atom is 0.407 e. The van der Waals surface area contributed by atoms with E-state index in [2.05, 4.69) is 26.1 Å². The predicted octanol–water partition coefficient (Wildman–Crippen LogP) is 2.70. The minimum absolute atomic E-state index is 0.0729. The molecule has 0 saturated heterocycles. The van der Waals surface area contributed by atoms with Crippen molar-refractivity contribution >= 4 is 6.09 Å². The largest absolute Gasteiger partial charge is 0.443 e. The maximum absolute atomic E-state index is 11.4. The topological polar surface area (TPSA) is 38.3 Å². The first-order valence-corrected chi connectivity index (χ1v) is 5.22. The third-order valence-corrected chi connectivity index (χ3v) is 2.93. The lowest BCUT2D eigenvalue weighted by atomic mass is 9.88. The van der Waals surface area contributed by atoms with E-state index in [0.717, 1.165) is 12.8 Å². The molecular formula is C11H21NO2. The van der Waals surface area contributed by atoms with E-state index in [9.17, 15) is 4.79 Å². The molecule has 1 saturated carbocycles. The molecule has 1 atom stereocenters. The standard InChI is InChI=1S/C11H21NO2/c1-8(10(2,3)4)12-9(13)14-11(5)6-7-11/h8H,6-7H2,1-5H3,(H,12,13). The van der Waals surface area contributed by atoms with Gasteiger partial charge in [0.15, 0.2) is 0 Å². The van der Waals surface area contributed by atoms with Crippen LogP contribution < -0.4 is 5.32 Å². The molecule has 0 spiro atoms. The first-order valence-electron chi connectivity index (χ1n) is 5.22. The summed E-state index contributed by atoms with van der Waals surface area (Å²) in [6.07, 6.45) is 1.70. The first-order chi connectivity index (χ1) is 6.23. The van der Waals surface area contributed by atoms with Crippen molar-refractivity contribution < 1.29 is 9.53 Å². The van der Waals surface area contributed by atoms with Gasteiger partial charge in [0.1, 0.15) is 5.60 Å². The lowest BCUT2D eigenvalue weighted by molar-refractivity contribution is 0.0855. The van der Waals surface area contributed by atoms with Gasteiger partial charge in [-0.3, -0.25) is 0 Å². The van der Waals surface area contributed by atoms with E-state index in [0.29, 0.717) is 0 Å². The molecule has 3 heteroatoms. The quantitative estimate of drug-likeness (QED) is 0.742. The summed E-state index contributed by atoms with van der Waals surface area (Å²) in [5.41, 5.74) is -0.106. The molecule has 0 radical (unpaired) electrons. The van der Waals surface area contributed by atoms with Gasteiger partial charge >= 0.3 is 6.09 Å². The van der Waals surface area contributed by atoms with Crippen LogP contribution in [-0.4, -0.2) is 17.7 Å². The van der Waals surface area contributed by atoms with E-state index in [-0.39, 0.29) is 23.2 Å². The van der Waals surface area contributed by atoms with Crippen molar-refractivity contribution in [3.63, 3.8) is 0 Å². The van der Waals surface area contributed by atoms with E-state index in [1.54, 1.807) is 0 Å². The Bertz CT molecular complexity index is 226. The number of carbonyl (C=O) groups is 1. The Labute approximate surface area is 86.2 Å². The summed E-state index contributed by atoms with van der Waals surface area (Å²) in [5.74, 6) is 0. The van der Waals surface area contributed by atoms with Gasteiger partial charge in [0, 0.05) is 6.04 Å². The van der Waals surface area contributed by atoms with Crippen LogP contribution in [0.2, 0.25) is 0 Å². The van der Waals surface area contributed by atoms with Gasteiger partial charge in [0.2, 0.25) is 0 Å².